The summed E-state index contributed by atoms with van der Waals surface area (Å²) >= 11 is 0. The van der Waals surface area contributed by atoms with Gasteiger partial charge < -0.3 is 18.9 Å². The van der Waals surface area contributed by atoms with Crippen molar-refractivity contribution in [3.8, 4) is 0 Å². The molecule has 25 heavy (non-hydrogen) atoms. The van der Waals surface area contributed by atoms with Crippen LogP contribution in [0, 0.1) is 0 Å². The van der Waals surface area contributed by atoms with Gasteiger partial charge in [0.1, 0.15) is 13.2 Å². The largest absolute Gasteiger partial charge is 0.381 e. The molecule has 0 aromatic carbocycles. The SMILES string of the molecule is COC1CC(OCCCOCC(F)(F)COCC2CCN2C(C)C)C1. The molecular formula is C18H33F2NO4. The van der Waals surface area contributed by atoms with Gasteiger partial charge in [-0.25, -0.2) is 8.78 Å². The molecule has 0 N–H and O–H groups in total. The highest BCUT2D eigenvalue weighted by atomic mass is 19.3. The highest BCUT2D eigenvalue weighted by Crippen LogP contribution is 2.25. The average molecular weight is 365 g/mol. The van der Waals surface area contributed by atoms with Crippen molar-refractivity contribution < 1.29 is 27.7 Å². The molecule has 1 aliphatic heterocycles. The summed E-state index contributed by atoms with van der Waals surface area (Å²) in [5, 5.41) is 0. The molecule has 5 nitrogen and oxygen atoms in total. The van der Waals surface area contributed by atoms with Crippen molar-refractivity contribution in [1.82, 2.24) is 4.90 Å². The van der Waals surface area contributed by atoms with Crippen LogP contribution in [0.15, 0.2) is 0 Å². The number of likely N-dealkylation sites (tertiary alicyclic amines) is 1. The maximum absolute atomic E-state index is 13.7. The highest BCUT2D eigenvalue weighted by molar-refractivity contribution is 4.85. The number of alkyl halides is 2. The van der Waals surface area contributed by atoms with Crippen molar-refractivity contribution in [2.45, 2.75) is 69.7 Å². The van der Waals surface area contributed by atoms with Crippen LogP contribution in [0.25, 0.3) is 0 Å². The van der Waals surface area contributed by atoms with E-state index in [1.165, 1.54) is 0 Å². The van der Waals surface area contributed by atoms with E-state index in [9.17, 15) is 8.78 Å². The summed E-state index contributed by atoms with van der Waals surface area (Å²) in [4.78, 5) is 2.27. The predicted molar refractivity (Wildman–Crippen MR) is 91.2 cm³/mol. The van der Waals surface area contributed by atoms with E-state index in [2.05, 4.69) is 18.7 Å². The van der Waals surface area contributed by atoms with Gasteiger partial charge in [-0.05, 0) is 39.5 Å². The second-order valence-corrected chi connectivity index (χ2v) is 7.37. The van der Waals surface area contributed by atoms with Gasteiger partial charge >= 0.3 is 0 Å². The number of nitrogens with zero attached hydrogens (tertiary/aromatic N) is 1. The number of rotatable bonds is 13. The molecule has 1 atom stereocenters. The Labute approximate surface area is 149 Å². The van der Waals surface area contributed by atoms with Crippen LogP contribution in [0.2, 0.25) is 0 Å². The molecular weight excluding hydrogens is 332 g/mol. The van der Waals surface area contributed by atoms with E-state index in [4.69, 9.17) is 18.9 Å². The first-order valence-corrected chi connectivity index (χ1v) is 9.34. The van der Waals surface area contributed by atoms with Crippen LogP contribution >= 0.6 is 0 Å². The Morgan fingerprint density at radius 3 is 2.40 bits per heavy atom. The van der Waals surface area contributed by atoms with E-state index in [0.29, 0.717) is 31.8 Å². The van der Waals surface area contributed by atoms with Gasteiger partial charge in [-0.2, -0.15) is 0 Å². The van der Waals surface area contributed by atoms with Gasteiger partial charge in [0.05, 0.1) is 18.8 Å². The third-order valence-corrected chi connectivity index (χ3v) is 4.96. The summed E-state index contributed by atoms with van der Waals surface area (Å²) in [6.07, 6.45) is 4.04. The predicted octanol–water partition coefficient (Wildman–Crippen LogP) is 2.72. The van der Waals surface area contributed by atoms with E-state index in [1.807, 2.05) is 0 Å². The Morgan fingerprint density at radius 2 is 1.80 bits per heavy atom. The van der Waals surface area contributed by atoms with Gasteiger partial charge in [-0.1, -0.05) is 0 Å². The average Bonchev–Trinajstić information content (AvgIpc) is 2.47. The second-order valence-electron chi connectivity index (χ2n) is 7.37. The highest BCUT2D eigenvalue weighted by Gasteiger charge is 2.33. The fourth-order valence-corrected chi connectivity index (χ4v) is 3.18. The molecule has 1 saturated carbocycles. The lowest BCUT2D eigenvalue weighted by atomic mass is 9.92. The molecule has 0 bridgehead atoms. The van der Waals surface area contributed by atoms with E-state index < -0.39 is 19.1 Å². The van der Waals surface area contributed by atoms with E-state index in [-0.39, 0.29) is 18.8 Å². The van der Waals surface area contributed by atoms with Crippen LogP contribution in [0.4, 0.5) is 8.78 Å². The molecule has 2 rings (SSSR count). The molecule has 148 valence electrons. The fraction of sp³-hybridized carbons (Fsp3) is 1.00. The summed E-state index contributed by atoms with van der Waals surface area (Å²) < 4.78 is 48.5. The first-order chi connectivity index (χ1) is 11.9. The minimum atomic E-state index is -2.94. The summed E-state index contributed by atoms with van der Waals surface area (Å²) in [5.41, 5.74) is 0. The molecule has 0 aromatic rings. The molecule has 1 aliphatic carbocycles. The number of halogens is 2. The molecule has 1 unspecified atom stereocenters. The standard InChI is InChI=1S/C18H33F2NO4/c1-14(2)21-6-5-15(21)11-24-13-18(19,20)12-23-7-4-8-25-17-9-16(10-17)22-3/h14-17H,4-13H2,1-3H3. The van der Waals surface area contributed by atoms with E-state index in [0.717, 1.165) is 25.8 Å². The maximum Gasteiger partial charge on any atom is 0.293 e. The zero-order valence-corrected chi connectivity index (χ0v) is 15.7. The normalized spacial score (nSPS) is 27.4. The smallest absolute Gasteiger partial charge is 0.293 e. The van der Waals surface area contributed by atoms with Gasteiger partial charge in [-0.15, -0.1) is 0 Å². The number of hydrogen-bond acceptors (Lipinski definition) is 5. The molecule has 0 radical (unpaired) electrons. The van der Waals surface area contributed by atoms with Crippen molar-refractivity contribution in [3.63, 3.8) is 0 Å². The van der Waals surface area contributed by atoms with Crippen LogP contribution < -0.4 is 0 Å². The molecule has 0 aromatic heterocycles. The summed E-state index contributed by atoms with van der Waals surface area (Å²) in [7, 11) is 1.70. The van der Waals surface area contributed by atoms with Gasteiger partial charge in [-0.3, -0.25) is 4.90 Å². The summed E-state index contributed by atoms with van der Waals surface area (Å²) in [6, 6.07) is 0.715. The van der Waals surface area contributed by atoms with Crippen molar-refractivity contribution in [1.29, 1.82) is 0 Å². The van der Waals surface area contributed by atoms with Gasteiger partial charge in [0.25, 0.3) is 5.92 Å². The Kier molecular flexibility index (Phi) is 8.48. The number of methoxy groups -OCH3 is 1. The van der Waals surface area contributed by atoms with Gasteiger partial charge in [0.2, 0.25) is 0 Å². The number of ether oxygens (including phenoxy) is 4. The quantitative estimate of drug-likeness (QED) is 0.470. The third kappa shape index (κ3) is 7.06. The Bertz CT molecular complexity index is 378. The number of hydrogen-bond donors (Lipinski definition) is 0. The molecule has 2 fully saturated rings. The maximum atomic E-state index is 13.7. The topological polar surface area (TPSA) is 40.2 Å². The Balaban J connectivity index is 1.43. The molecule has 0 spiro atoms. The van der Waals surface area contributed by atoms with Crippen molar-refractivity contribution >= 4 is 0 Å². The van der Waals surface area contributed by atoms with E-state index >= 15 is 0 Å². The van der Waals surface area contributed by atoms with Crippen LogP contribution in [-0.2, 0) is 18.9 Å². The van der Waals surface area contributed by atoms with Gasteiger partial charge in [0.15, 0.2) is 0 Å². The molecule has 0 amide bonds. The van der Waals surface area contributed by atoms with Gasteiger partial charge in [0, 0.05) is 39.0 Å². The van der Waals surface area contributed by atoms with Crippen molar-refractivity contribution in [2.75, 3.05) is 46.7 Å². The van der Waals surface area contributed by atoms with Crippen molar-refractivity contribution in [2.24, 2.45) is 0 Å². The summed E-state index contributed by atoms with van der Waals surface area (Å²) in [6.45, 7) is 5.26. The minimum absolute atomic E-state index is 0.247. The Morgan fingerprint density at radius 1 is 1.08 bits per heavy atom. The molecule has 2 aliphatic rings. The second kappa shape index (κ2) is 10.1. The molecule has 7 heteroatoms. The molecule has 1 saturated heterocycles. The van der Waals surface area contributed by atoms with Crippen LogP contribution in [0.1, 0.15) is 39.5 Å². The van der Waals surface area contributed by atoms with Crippen molar-refractivity contribution in [3.05, 3.63) is 0 Å². The molecule has 1 heterocycles. The van der Waals surface area contributed by atoms with Crippen LogP contribution in [-0.4, -0.2) is 81.8 Å². The first-order valence-electron chi connectivity index (χ1n) is 9.34. The van der Waals surface area contributed by atoms with Crippen LogP contribution in [0.3, 0.4) is 0 Å². The first kappa shape index (κ1) is 21.0. The van der Waals surface area contributed by atoms with Crippen LogP contribution in [0.5, 0.6) is 0 Å². The zero-order chi connectivity index (χ0) is 18.3. The minimum Gasteiger partial charge on any atom is -0.381 e. The monoisotopic (exact) mass is 365 g/mol. The lowest BCUT2D eigenvalue weighted by Crippen LogP contribution is -2.53. The Hall–Kier alpha value is -0.340. The zero-order valence-electron chi connectivity index (χ0n) is 15.7. The fourth-order valence-electron chi connectivity index (χ4n) is 3.18. The third-order valence-electron chi connectivity index (χ3n) is 4.96. The lowest BCUT2D eigenvalue weighted by Gasteiger charge is -2.43. The van der Waals surface area contributed by atoms with E-state index in [1.54, 1.807) is 7.11 Å². The summed E-state index contributed by atoms with van der Waals surface area (Å²) in [5.74, 6) is -2.94. The lowest BCUT2D eigenvalue weighted by molar-refractivity contribution is -0.137.